The maximum atomic E-state index is 11.4. The highest BCUT2D eigenvalue weighted by Crippen LogP contribution is 2.23. The second-order valence-electron chi connectivity index (χ2n) is 4.87. The van der Waals surface area contributed by atoms with Crippen molar-refractivity contribution in [2.45, 2.75) is 17.5 Å². The molecule has 6 heteroatoms. The highest BCUT2D eigenvalue weighted by Gasteiger charge is 2.12. The summed E-state index contributed by atoms with van der Waals surface area (Å²) in [5.41, 5.74) is 1.22. The van der Waals surface area contributed by atoms with Gasteiger partial charge in [0.25, 0.3) is 0 Å². The zero-order chi connectivity index (χ0) is 16.1. The van der Waals surface area contributed by atoms with Gasteiger partial charge in [-0.1, -0.05) is 42.1 Å². The van der Waals surface area contributed by atoms with Crippen LogP contribution in [0, 0.1) is 0 Å². The van der Waals surface area contributed by atoms with E-state index in [0.717, 1.165) is 11.7 Å². The fraction of sp³-hybridized carbons (Fsp3) is 0.176. The molecule has 0 fully saturated rings. The minimum Gasteiger partial charge on any atom is -0.463 e. The topological polar surface area (TPSA) is 57.3 Å². The Morgan fingerprint density at radius 3 is 2.87 bits per heavy atom. The van der Waals surface area contributed by atoms with Crippen LogP contribution >= 0.6 is 11.8 Å². The summed E-state index contributed by atoms with van der Waals surface area (Å²) in [6.07, 6.45) is 3.74. The van der Waals surface area contributed by atoms with Gasteiger partial charge in [0.2, 0.25) is 5.76 Å². The molecule has 0 bridgehead atoms. The van der Waals surface area contributed by atoms with Gasteiger partial charge in [-0.3, -0.25) is 0 Å². The SMILES string of the molecule is COC(=O)c1ccc(CSc2nccn2Cc2ccccc2)o1. The summed E-state index contributed by atoms with van der Waals surface area (Å²) in [7, 11) is 1.33. The summed E-state index contributed by atoms with van der Waals surface area (Å²) in [5, 5.41) is 0.907. The first-order valence-corrected chi connectivity index (χ1v) is 8.09. The molecule has 1 aromatic carbocycles. The minimum atomic E-state index is -0.466. The number of rotatable bonds is 6. The third kappa shape index (κ3) is 3.84. The van der Waals surface area contributed by atoms with Crippen molar-refractivity contribution in [2.24, 2.45) is 0 Å². The molecule has 0 aliphatic heterocycles. The maximum absolute atomic E-state index is 11.4. The maximum Gasteiger partial charge on any atom is 0.373 e. The standard InChI is InChI=1S/C17H16N2O3S/c1-21-16(20)15-8-7-14(22-15)12-23-17-18-9-10-19(17)11-13-5-3-2-4-6-13/h2-10H,11-12H2,1H3. The Morgan fingerprint density at radius 1 is 1.26 bits per heavy atom. The van der Waals surface area contributed by atoms with Crippen LogP contribution in [-0.4, -0.2) is 22.6 Å². The lowest BCUT2D eigenvalue weighted by molar-refractivity contribution is 0.0563. The number of hydrogen-bond acceptors (Lipinski definition) is 5. The predicted octanol–water partition coefficient (Wildman–Crippen LogP) is 3.60. The molecule has 3 aromatic rings. The Morgan fingerprint density at radius 2 is 2.09 bits per heavy atom. The van der Waals surface area contributed by atoms with Crippen LogP contribution < -0.4 is 0 Å². The molecule has 0 radical (unpaired) electrons. The normalized spacial score (nSPS) is 10.7. The lowest BCUT2D eigenvalue weighted by Crippen LogP contribution is -2.00. The fourth-order valence-corrected chi connectivity index (χ4v) is 2.99. The zero-order valence-electron chi connectivity index (χ0n) is 12.6. The van der Waals surface area contributed by atoms with Gasteiger partial charge in [-0.25, -0.2) is 9.78 Å². The summed E-state index contributed by atoms with van der Waals surface area (Å²) in [5.74, 6) is 1.07. The number of carbonyl (C=O) groups excluding carboxylic acids is 1. The number of benzene rings is 1. The number of ether oxygens (including phenoxy) is 1. The Kier molecular flexibility index (Phi) is 4.83. The molecule has 0 saturated heterocycles. The summed E-state index contributed by atoms with van der Waals surface area (Å²) in [6, 6.07) is 13.6. The van der Waals surface area contributed by atoms with E-state index >= 15 is 0 Å². The first kappa shape index (κ1) is 15.4. The van der Waals surface area contributed by atoms with Gasteiger partial charge in [-0.15, -0.1) is 0 Å². The highest BCUT2D eigenvalue weighted by molar-refractivity contribution is 7.98. The number of furan rings is 1. The molecule has 2 heterocycles. The van der Waals surface area contributed by atoms with Crippen LogP contribution in [0.4, 0.5) is 0 Å². The first-order valence-electron chi connectivity index (χ1n) is 7.11. The van der Waals surface area contributed by atoms with Gasteiger partial charge in [-0.2, -0.15) is 0 Å². The van der Waals surface area contributed by atoms with Crippen LogP contribution in [0.2, 0.25) is 0 Å². The molecular formula is C17H16N2O3S. The lowest BCUT2D eigenvalue weighted by Gasteiger charge is -2.06. The van der Waals surface area contributed by atoms with Crippen molar-refractivity contribution in [2.75, 3.05) is 7.11 Å². The molecule has 0 unspecified atom stereocenters. The number of hydrogen-bond donors (Lipinski definition) is 0. The van der Waals surface area contributed by atoms with Gasteiger partial charge in [0.15, 0.2) is 5.16 Å². The number of nitrogens with zero attached hydrogens (tertiary/aromatic N) is 2. The summed E-state index contributed by atoms with van der Waals surface area (Å²) < 4.78 is 12.2. The van der Waals surface area contributed by atoms with Crippen LogP contribution in [-0.2, 0) is 17.0 Å². The van der Waals surface area contributed by atoms with Crippen molar-refractivity contribution < 1.29 is 13.9 Å². The van der Waals surface area contributed by atoms with Gasteiger partial charge < -0.3 is 13.7 Å². The molecule has 0 aliphatic rings. The molecule has 5 nitrogen and oxygen atoms in total. The van der Waals surface area contributed by atoms with Crippen LogP contribution in [0.15, 0.2) is 64.4 Å². The Labute approximate surface area is 138 Å². The fourth-order valence-electron chi connectivity index (χ4n) is 2.14. The number of carbonyl (C=O) groups is 1. The number of aromatic nitrogens is 2. The van der Waals surface area contributed by atoms with E-state index in [4.69, 9.17) is 4.42 Å². The summed E-state index contributed by atoms with van der Waals surface area (Å²) in [4.78, 5) is 15.8. The molecule has 0 atom stereocenters. The molecule has 0 aliphatic carbocycles. The smallest absolute Gasteiger partial charge is 0.373 e. The van der Waals surface area contributed by atoms with Gasteiger partial charge in [0.1, 0.15) is 5.76 Å². The quantitative estimate of drug-likeness (QED) is 0.511. The Hall–Kier alpha value is -2.47. The Bertz CT molecular complexity index is 780. The largest absolute Gasteiger partial charge is 0.463 e. The third-order valence-corrected chi connectivity index (χ3v) is 4.29. The first-order chi connectivity index (χ1) is 11.3. The number of esters is 1. The van der Waals surface area contributed by atoms with Crippen LogP contribution in [0.25, 0.3) is 0 Å². The van der Waals surface area contributed by atoms with E-state index in [0.29, 0.717) is 11.5 Å². The van der Waals surface area contributed by atoms with Crippen molar-refractivity contribution in [3.8, 4) is 0 Å². The number of imidazole rings is 1. The van der Waals surface area contributed by atoms with Crippen LogP contribution in [0.5, 0.6) is 0 Å². The van der Waals surface area contributed by atoms with Crippen molar-refractivity contribution in [1.82, 2.24) is 9.55 Å². The van der Waals surface area contributed by atoms with E-state index in [2.05, 4.69) is 26.4 Å². The molecule has 118 valence electrons. The molecule has 0 amide bonds. The molecule has 0 saturated carbocycles. The average molecular weight is 328 g/mol. The van der Waals surface area contributed by atoms with Crippen molar-refractivity contribution in [1.29, 1.82) is 0 Å². The lowest BCUT2D eigenvalue weighted by atomic mass is 10.2. The molecular weight excluding hydrogens is 312 g/mol. The van der Waals surface area contributed by atoms with E-state index < -0.39 is 5.97 Å². The molecule has 0 spiro atoms. The van der Waals surface area contributed by atoms with Crippen molar-refractivity contribution >= 4 is 17.7 Å². The summed E-state index contributed by atoms with van der Waals surface area (Å²) in [6.45, 7) is 0.773. The average Bonchev–Trinajstić information content (AvgIpc) is 3.22. The zero-order valence-corrected chi connectivity index (χ0v) is 13.5. The predicted molar refractivity (Wildman–Crippen MR) is 87.4 cm³/mol. The van der Waals surface area contributed by atoms with Gasteiger partial charge in [-0.05, 0) is 17.7 Å². The van der Waals surface area contributed by atoms with Crippen LogP contribution in [0.3, 0.4) is 0 Å². The third-order valence-electron chi connectivity index (χ3n) is 3.26. The van der Waals surface area contributed by atoms with Crippen molar-refractivity contribution in [3.05, 3.63) is 71.9 Å². The van der Waals surface area contributed by atoms with Crippen LogP contribution in [0.1, 0.15) is 21.9 Å². The molecule has 2 aromatic heterocycles. The van der Waals surface area contributed by atoms with E-state index in [9.17, 15) is 4.79 Å². The van der Waals surface area contributed by atoms with Gasteiger partial charge in [0.05, 0.1) is 12.9 Å². The molecule has 3 rings (SSSR count). The molecule has 23 heavy (non-hydrogen) atoms. The van der Waals surface area contributed by atoms with Gasteiger partial charge >= 0.3 is 5.97 Å². The second-order valence-corrected chi connectivity index (χ2v) is 5.81. The van der Waals surface area contributed by atoms with E-state index in [1.165, 1.54) is 12.7 Å². The second kappa shape index (κ2) is 7.19. The Balaban J connectivity index is 1.64. The number of methoxy groups -OCH3 is 1. The monoisotopic (exact) mass is 328 g/mol. The van der Waals surface area contributed by atoms with E-state index in [1.54, 1.807) is 30.1 Å². The summed E-state index contributed by atoms with van der Waals surface area (Å²) >= 11 is 1.56. The minimum absolute atomic E-state index is 0.218. The molecule has 0 N–H and O–H groups in total. The van der Waals surface area contributed by atoms with E-state index in [-0.39, 0.29) is 5.76 Å². The van der Waals surface area contributed by atoms with Crippen molar-refractivity contribution in [3.63, 3.8) is 0 Å². The highest BCUT2D eigenvalue weighted by atomic mass is 32.2. The van der Waals surface area contributed by atoms with E-state index in [1.807, 2.05) is 24.4 Å². The number of thioether (sulfide) groups is 1. The van der Waals surface area contributed by atoms with Gasteiger partial charge in [0, 0.05) is 18.9 Å².